The Labute approximate surface area is 142 Å². The van der Waals surface area contributed by atoms with E-state index in [0.717, 1.165) is 61.8 Å². The molecule has 0 saturated carbocycles. The SMILES string of the molecule is Cc1c(CN2CCCC2C(=O)N2CCSCC2)cc(C#N)n1C. The molecular formula is C17H24N4OS. The first-order valence-corrected chi connectivity index (χ1v) is 9.43. The summed E-state index contributed by atoms with van der Waals surface area (Å²) in [4.78, 5) is 17.2. The lowest BCUT2D eigenvalue weighted by molar-refractivity contribution is -0.135. The van der Waals surface area contributed by atoms with Crippen LogP contribution in [0, 0.1) is 18.3 Å². The van der Waals surface area contributed by atoms with Crippen LogP contribution in [0.25, 0.3) is 0 Å². The van der Waals surface area contributed by atoms with Gasteiger partial charge in [-0.1, -0.05) is 0 Å². The van der Waals surface area contributed by atoms with Gasteiger partial charge in [0.15, 0.2) is 0 Å². The zero-order valence-electron chi connectivity index (χ0n) is 13.9. The number of hydrogen-bond donors (Lipinski definition) is 0. The maximum atomic E-state index is 12.8. The molecule has 2 aliphatic heterocycles. The van der Waals surface area contributed by atoms with Crippen molar-refractivity contribution in [3.8, 4) is 6.07 Å². The highest BCUT2D eigenvalue weighted by atomic mass is 32.2. The van der Waals surface area contributed by atoms with Gasteiger partial charge in [0.25, 0.3) is 0 Å². The number of carbonyl (C=O) groups excluding carboxylic acids is 1. The summed E-state index contributed by atoms with van der Waals surface area (Å²) < 4.78 is 1.93. The monoisotopic (exact) mass is 332 g/mol. The third-order valence-corrected chi connectivity index (χ3v) is 6.04. The molecule has 0 radical (unpaired) electrons. The van der Waals surface area contributed by atoms with Crippen LogP contribution in [0.15, 0.2) is 6.07 Å². The standard InChI is InChI=1S/C17H24N4OS/c1-13-14(10-15(11-18)19(13)2)12-21-5-3-4-16(21)17(22)20-6-8-23-9-7-20/h10,16H,3-9,12H2,1-2H3. The van der Waals surface area contributed by atoms with E-state index in [4.69, 9.17) is 0 Å². The van der Waals surface area contributed by atoms with Crippen LogP contribution in [0.1, 0.15) is 29.8 Å². The van der Waals surface area contributed by atoms with Crippen molar-refractivity contribution in [1.29, 1.82) is 5.26 Å². The second kappa shape index (κ2) is 6.98. The van der Waals surface area contributed by atoms with Gasteiger partial charge in [0.05, 0.1) is 6.04 Å². The van der Waals surface area contributed by atoms with Gasteiger partial charge in [-0.2, -0.15) is 17.0 Å². The number of nitriles is 1. The molecule has 23 heavy (non-hydrogen) atoms. The average molecular weight is 332 g/mol. The fourth-order valence-corrected chi connectivity index (χ4v) is 4.44. The van der Waals surface area contributed by atoms with Gasteiger partial charge in [-0.3, -0.25) is 9.69 Å². The Morgan fingerprint density at radius 2 is 2.13 bits per heavy atom. The number of aromatic nitrogens is 1. The van der Waals surface area contributed by atoms with Gasteiger partial charge in [-0.15, -0.1) is 0 Å². The van der Waals surface area contributed by atoms with Gasteiger partial charge >= 0.3 is 0 Å². The van der Waals surface area contributed by atoms with Crippen LogP contribution >= 0.6 is 11.8 Å². The lowest BCUT2D eigenvalue weighted by Gasteiger charge is -2.32. The maximum Gasteiger partial charge on any atom is 0.239 e. The van der Waals surface area contributed by atoms with Crippen molar-refractivity contribution in [2.24, 2.45) is 7.05 Å². The Hall–Kier alpha value is -1.45. The normalized spacial score (nSPS) is 22.3. The van der Waals surface area contributed by atoms with E-state index in [1.807, 2.05) is 41.3 Å². The molecule has 3 rings (SSSR count). The van der Waals surface area contributed by atoms with Crippen molar-refractivity contribution < 1.29 is 4.79 Å². The molecular weight excluding hydrogens is 308 g/mol. The third-order valence-electron chi connectivity index (χ3n) is 5.10. The van der Waals surface area contributed by atoms with Crippen molar-refractivity contribution >= 4 is 17.7 Å². The minimum atomic E-state index is 0.0169. The number of thioether (sulfide) groups is 1. The Kier molecular flexibility index (Phi) is 4.98. The quantitative estimate of drug-likeness (QED) is 0.846. The Morgan fingerprint density at radius 3 is 2.78 bits per heavy atom. The zero-order chi connectivity index (χ0) is 16.4. The molecule has 5 nitrogen and oxygen atoms in total. The van der Waals surface area contributed by atoms with Gasteiger partial charge in [-0.25, -0.2) is 0 Å². The Morgan fingerprint density at radius 1 is 1.39 bits per heavy atom. The van der Waals surface area contributed by atoms with Gasteiger partial charge in [-0.05, 0) is 37.9 Å². The summed E-state index contributed by atoms with van der Waals surface area (Å²) in [6, 6.07) is 4.22. The summed E-state index contributed by atoms with van der Waals surface area (Å²) in [5, 5.41) is 9.18. The van der Waals surface area contributed by atoms with Gasteiger partial charge in [0.1, 0.15) is 11.8 Å². The minimum absolute atomic E-state index is 0.0169. The van der Waals surface area contributed by atoms with E-state index in [1.165, 1.54) is 0 Å². The highest BCUT2D eigenvalue weighted by Gasteiger charge is 2.34. The van der Waals surface area contributed by atoms with Crippen molar-refractivity contribution in [3.05, 3.63) is 23.0 Å². The van der Waals surface area contributed by atoms with Crippen LogP contribution in [-0.4, -0.2) is 57.5 Å². The molecule has 1 amide bonds. The molecule has 3 heterocycles. The summed E-state index contributed by atoms with van der Waals surface area (Å²) >= 11 is 1.93. The number of amides is 1. The first-order chi connectivity index (χ1) is 11.1. The summed E-state index contributed by atoms with van der Waals surface area (Å²) in [6.45, 7) is 5.55. The summed E-state index contributed by atoms with van der Waals surface area (Å²) in [7, 11) is 1.93. The molecule has 1 atom stereocenters. The molecule has 6 heteroatoms. The molecule has 2 aliphatic rings. The molecule has 1 aromatic heterocycles. The fraction of sp³-hybridized carbons (Fsp3) is 0.647. The molecule has 2 fully saturated rings. The van der Waals surface area contributed by atoms with E-state index >= 15 is 0 Å². The number of carbonyl (C=O) groups is 1. The van der Waals surface area contributed by atoms with Crippen molar-refractivity contribution in [3.63, 3.8) is 0 Å². The molecule has 0 bridgehead atoms. The van der Waals surface area contributed by atoms with Crippen LogP contribution in [0.4, 0.5) is 0 Å². The number of likely N-dealkylation sites (tertiary alicyclic amines) is 1. The summed E-state index contributed by atoms with van der Waals surface area (Å²) in [5.74, 6) is 2.42. The molecule has 1 aromatic rings. The van der Waals surface area contributed by atoms with Crippen LogP contribution in [0.3, 0.4) is 0 Å². The average Bonchev–Trinajstić information content (AvgIpc) is 3.15. The Balaban J connectivity index is 1.72. The predicted molar refractivity (Wildman–Crippen MR) is 92.2 cm³/mol. The van der Waals surface area contributed by atoms with E-state index in [0.29, 0.717) is 11.6 Å². The minimum Gasteiger partial charge on any atom is -0.340 e. The second-order valence-electron chi connectivity index (χ2n) is 6.38. The highest BCUT2D eigenvalue weighted by Crippen LogP contribution is 2.25. The molecule has 0 spiro atoms. The smallest absolute Gasteiger partial charge is 0.239 e. The molecule has 2 saturated heterocycles. The van der Waals surface area contributed by atoms with E-state index in [9.17, 15) is 10.1 Å². The predicted octanol–water partition coefficient (Wildman–Crippen LogP) is 1.74. The van der Waals surface area contributed by atoms with Crippen LogP contribution in [0.5, 0.6) is 0 Å². The largest absolute Gasteiger partial charge is 0.340 e. The van der Waals surface area contributed by atoms with E-state index in [1.54, 1.807) is 0 Å². The van der Waals surface area contributed by atoms with Crippen molar-refractivity contribution in [2.45, 2.75) is 32.4 Å². The first-order valence-electron chi connectivity index (χ1n) is 8.27. The molecule has 0 aromatic carbocycles. The first kappa shape index (κ1) is 16.4. The van der Waals surface area contributed by atoms with Crippen molar-refractivity contribution in [1.82, 2.24) is 14.4 Å². The van der Waals surface area contributed by atoms with Gasteiger partial charge < -0.3 is 9.47 Å². The topological polar surface area (TPSA) is 52.3 Å². The van der Waals surface area contributed by atoms with Crippen LogP contribution < -0.4 is 0 Å². The maximum absolute atomic E-state index is 12.8. The zero-order valence-corrected chi connectivity index (χ0v) is 14.7. The molecule has 0 aliphatic carbocycles. The van der Waals surface area contributed by atoms with Gasteiger partial charge in [0, 0.05) is 43.9 Å². The van der Waals surface area contributed by atoms with Crippen LogP contribution in [-0.2, 0) is 18.4 Å². The lowest BCUT2D eigenvalue weighted by Crippen LogP contribution is -2.48. The number of hydrogen-bond acceptors (Lipinski definition) is 4. The fourth-order valence-electron chi connectivity index (χ4n) is 3.54. The second-order valence-corrected chi connectivity index (χ2v) is 7.60. The number of nitrogens with zero attached hydrogens (tertiary/aromatic N) is 4. The highest BCUT2D eigenvalue weighted by molar-refractivity contribution is 7.99. The van der Waals surface area contributed by atoms with E-state index < -0.39 is 0 Å². The van der Waals surface area contributed by atoms with E-state index in [2.05, 4.69) is 11.0 Å². The molecule has 124 valence electrons. The van der Waals surface area contributed by atoms with Crippen LogP contribution in [0.2, 0.25) is 0 Å². The summed E-state index contributed by atoms with van der Waals surface area (Å²) in [6.07, 6.45) is 2.04. The number of rotatable bonds is 3. The van der Waals surface area contributed by atoms with E-state index in [-0.39, 0.29) is 6.04 Å². The molecule has 1 unspecified atom stereocenters. The molecule has 0 N–H and O–H groups in total. The summed E-state index contributed by atoms with van der Waals surface area (Å²) in [5.41, 5.74) is 2.97. The van der Waals surface area contributed by atoms with Crippen molar-refractivity contribution in [2.75, 3.05) is 31.1 Å². The third kappa shape index (κ3) is 3.26. The Bertz CT molecular complexity index is 627. The van der Waals surface area contributed by atoms with Gasteiger partial charge in [0.2, 0.25) is 5.91 Å². The lowest BCUT2D eigenvalue weighted by atomic mass is 10.1.